The highest BCUT2D eigenvalue weighted by Gasteiger charge is 2.24. The molecule has 1 fully saturated rings. The van der Waals surface area contributed by atoms with Crippen molar-refractivity contribution in [3.8, 4) is 11.8 Å². The first-order valence-electron chi connectivity index (χ1n) is 11.3. The zero-order valence-corrected chi connectivity index (χ0v) is 19.2. The third-order valence-electron chi connectivity index (χ3n) is 5.60. The van der Waals surface area contributed by atoms with Gasteiger partial charge in [-0.05, 0) is 48.9 Å². The summed E-state index contributed by atoms with van der Waals surface area (Å²) in [6, 6.07) is 12.7. The molecule has 2 aromatic rings. The summed E-state index contributed by atoms with van der Waals surface area (Å²) in [4.78, 5) is 40.8. The minimum Gasteiger partial charge on any atom is -0.465 e. The number of nitrogens with zero attached hydrogens (tertiary/aromatic N) is 3. The van der Waals surface area contributed by atoms with Crippen molar-refractivity contribution in [3.05, 3.63) is 65.5 Å². The highest BCUT2D eigenvalue weighted by molar-refractivity contribution is 5.95. The third kappa shape index (κ3) is 6.58. The van der Waals surface area contributed by atoms with Gasteiger partial charge in [-0.2, -0.15) is 0 Å². The molecule has 8 heteroatoms. The fraction of sp³-hybridized carbons (Fsp3) is 0.346. The first-order valence-corrected chi connectivity index (χ1v) is 11.3. The van der Waals surface area contributed by atoms with E-state index < -0.39 is 11.9 Å². The van der Waals surface area contributed by atoms with E-state index in [-0.39, 0.29) is 18.4 Å². The summed E-state index contributed by atoms with van der Waals surface area (Å²) in [6.07, 6.45) is 1.03. The Morgan fingerprint density at radius 3 is 2.32 bits per heavy atom. The molecule has 0 atom stereocenters. The van der Waals surface area contributed by atoms with E-state index in [4.69, 9.17) is 5.11 Å². The molecule has 3 rings (SSSR count). The molecule has 1 aliphatic heterocycles. The van der Waals surface area contributed by atoms with Gasteiger partial charge in [-0.25, -0.2) is 9.18 Å². The van der Waals surface area contributed by atoms with Crippen LogP contribution in [0.5, 0.6) is 0 Å². The number of halogens is 1. The number of anilines is 1. The van der Waals surface area contributed by atoms with Crippen LogP contribution in [0.1, 0.15) is 42.1 Å². The molecule has 3 amide bonds. The van der Waals surface area contributed by atoms with Gasteiger partial charge in [0.1, 0.15) is 5.82 Å². The Morgan fingerprint density at radius 1 is 1.03 bits per heavy atom. The van der Waals surface area contributed by atoms with E-state index in [2.05, 4.69) is 11.8 Å². The fourth-order valence-electron chi connectivity index (χ4n) is 3.63. The summed E-state index contributed by atoms with van der Waals surface area (Å²) in [5.74, 6) is 5.31. The van der Waals surface area contributed by atoms with Crippen molar-refractivity contribution in [2.75, 3.05) is 37.6 Å². The molecule has 1 saturated heterocycles. The predicted octanol–water partition coefficient (Wildman–Crippen LogP) is 3.84. The van der Waals surface area contributed by atoms with Crippen LogP contribution >= 0.6 is 0 Å². The number of hydrogen-bond acceptors (Lipinski definition) is 3. The van der Waals surface area contributed by atoms with Crippen LogP contribution in [0.15, 0.2) is 48.5 Å². The van der Waals surface area contributed by atoms with Gasteiger partial charge in [0.25, 0.3) is 5.91 Å². The zero-order chi connectivity index (χ0) is 24.5. The van der Waals surface area contributed by atoms with Crippen LogP contribution in [0.4, 0.5) is 14.9 Å². The van der Waals surface area contributed by atoms with Gasteiger partial charge in [-0.15, -0.1) is 0 Å². The molecule has 178 valence electrons. The van der Waals surface area contributed by atoms with Crippen molar-refractivity contribution >= 4 is 23.6 Å². The Hall–Kier alpha value is -3.86. The van der Waals surface area contributed by atoms with Crippen molar-refractivity contribution in [2.24, 2.45) is 0 Å². The molecular formula is C26H28FN3O4. The standard InChI is InChI=1S/C26H28FN3O4/c1-2-3-9-24(31)30(23-8-4-7-22(27)19-23)14-5-6-20-10-12-21(13-11-20)25(32)28-15-17-29(18-16-28)26(33)34/h4,7-8,10-13,19H,2-3,9,14-18H2,1H3,(H,33,34). The molecule has 7 nitrogen and oxygen atoms in total. The van der Waals surface area contributed by atoms with E-state index in [1.165, 1.54) is 21.9 Å². The van der Waals surface area contributed by atoms with Crippen LogP contribution in [0, 0.1) is 17.7 Å². The molecule has 1 heterocycles. The first-order chi connectivity index (χ1) is 16.4. The maximum atomic E-state index is 13.7. The molecule has 0 radical (unpaired) electrons. The van der Waals surface area contributed by atoms with Crippen molar-refractivity contribution < 1.29 is 23.9 Å². The monoisotopic (exact) mass is 465 g/mol. The number of carbonyl (C=O) groups is 3. The summed E-state index contributed by atoms with van der Waals surface area (Å²) in [5.41, 5.74) is 1.66. The molecule has 0 unspecified atom stereocenters. The molecule has 0 aliphatic carbocycles. The molecule has 0 spiro atoms. The number of hydrogen-bond donors (Lipinski definition) is 1. The van der Waals surface area contributed by atoms with E-state index in [0.717, 1.165) is 12.8 Å². The lowest BCUT2D eigenvalue weighted by Gasteiger charge is -2.33. The quantitative estimate of drug-likeness (QED) is 0.658. The topological polar surface area (TPSA) is 81.2 Å². The highest BCUT2D eigenvalue weighted by Crippen LogP contribution is 2.17. The molecule has 0 aromatic heterocycles. The number of piperazine rings is 1. The Morgan fingerprint density at radius 2 is 1.71 bits per heavy atom. The van der Waals surface area contributed by atoms with Crippen molar-refractivity contribution in [1.82, 2.24) is 9.80 Å². The summed E-state index contributed by atoms with van der Waals surface area (Å²) in [6.45, 7) is 3.43. The zero-order valence-electron chi connectivity index (χ0n) is 19.2. The number of carbonyl (C=O) groups excluding carboxylic acids is 2. The molecule has 34 heavy (non-hydrogen) atoms. The normalized spacial score (nSPS) is 13.1. The number of amides is 3. The summed E-state index contributed by atoms with van der Waals surface area (Å²) in [5, 5.41) is 9.03. The third-order valence-corrected chi connectivity index (χ3v) is 5.60. The van der Waals surface area contributed by atoms with Gasteiger partial charge >= 0.3 is 6.09 Å². The molecule has 2 aromatic carbocycles. The Kier molecular flexibility index (Phi) is 8.63. The number of unbranched alkanes of at least 4 members (excludes halogenated alkanes) is 1. The van der Waals surface area contributed by atoms with Gasteiger partial charge in [0.15, 0.2) is 0 Å². The van der Waals surface area contributed by atoms with Crippen LogP contribution in [0.2, 0.25) is 0 Å². The predicted molar refractivity (Wildman–Crippen MR) is 127 cm³/mol. The lowest BCUT2D eigenvalue weighted by atomic mass is 10.1. The highest BCUT2D eigenvalue weighted by atomic mass is 19.1. The molecule has 0 saturated carbocycles. The molecule has 1 N–H and O–H groups in total. The van der Waals surface area contributed by atoms with Gasteiger partial charge in [0.2, 0.25) is 5.91 Å². The van der Waals surface area contributed by atoms with Gasteiger partial charge in [0.05, 0.1) is 6.54 Å². The maximum Gasteiger partial charge on any atom is 0.407 e. The lowest BCUT2D eigenvalue weighted by molar-refractivity contribution is -0.118. The van der Waals surface area contributed by atoms with Crippen molar-refractivity contribution in [1.29, 1.82) is 0 Å². The van der Waals surface area contributed by atoms with Crippen molar-refractivity contribution in [3.63, 3.8) is 0 Å². The second kappa shape index (κ2) is 11.8. The summed E-state index contributed by atoms with van der Waals surface area (Å²) >= 11 is 0. The van der Waals surface area contributed by atoms with Crippen LogP contribution in [-0.4, -0.2) is 65.5 Å². The number of benzene rings is 2. The fourth-order valence-corrected chi connectivity index (χ4v) is 3.63. The summed E-state index contributed by atoms with van der Waals surface area (Å²) in [7, 11) is 0. The Labute approximate surface area is 198 Å². The van der Waals surface area contributed by atoms with Crippen LogP contribution in [0.25, 0.3) is 0 Å². The summed E-state index contributed by atoms with van der Waals surface area (Å²) < 4.78 is 13.7. The van der Waals surface area contributed by atoms with Gasteiger partial charge < -0.3 is 19.8 Å². The van der Waals surface area contributed by atoms with Crippen LogP contribution < -0.4 is 4.90 Å². The lowest BCUT2D eigenvalue weighted by Crippen LogP contribution is -2.50. The van der Waals surface area contributed by atoms with E-state index >= 15 is 0 Å². The molecule has 0 bridgehead atoms. The Bertz CT molecular complexity index is 1080. The second-order valence-corrected chi connectivity index (χ2v) is 8.00. The minimum atomic E-state index is -0.974. The van der Waals surface area contributed by atoms with Gasteiger partial charge in [0, 0.05) is 49.4 Å². The number of rotatable bonds is 6. The number of carboxylic acid groups (broad SMARTS) is 1. The van der Waals surface area contributed by atoms with E-state index in [1.807, 2.05) is 6.92 Å². The minimum absolute atomic E-state index is 0.106. The average molecular weight is 466 g/mol. The maximum absolute atomic E-state index is 13.7. The van der Waals surface area contributed by atoms with E-state index in [9.17, 15) is 18.8 Å². The van der Waals surface area contributed by atoms with Crippen LogP contribution in [0.3, 0.4) is 0 Å². The largest absolute Gasteiger partial charge is 0.465 e. The van der Waals surface area contributed by atoms with Crippen molar-refractivity contribution in [2.45, 2.75) is 26.2 Å². The van der Waals surface area contributed by atoms with Gasteiger partial charge in [-0.3, -0.25) is 9.59 Å². The average Bonchev–Trinajstić information content (AvgIpc) is 2.85. The van der Waals surface area contributed by atoms with Crippen LogP contribution in [-0.2, 0) is 4.79 Å². The Balaban J connectivity index is 1.64. The smallest absolute Gasteiger partial charge is 0.407 e. The van der Waals surface area contributed by atoms with Gasteiger partial charge in [-0.1, -0.05) is 31.3 Å². The second-order valence-electron chi connectivity index (χ2n) is 8.00. The van der Waals surface area contributed by atoms with E-state index in [1.54, 1.807) is 41.3 Å². The van der Waals surface area contributed by atoms with E-state index in [0.29, 0.717) is 49.4 Å². The molecule has 1 aliphatic rings. The first kappa shape index (κ1) is 24.8. The molecular weight excluding hydrogens is 437 g/mol. The SMILES string of the molecule is CCCCC(=O)N(CC#Cc1ccc(C(=O)N2CCN(C(=O)O)CC2)cc1)c1cccc(F)c1.